The molecule has 98 valence electrons. The van der Waals surface area contributed by atoms with Crippen LogP contribution >= 0.6 is 22.9 Å². The van der Waals surface area contributed by atoms with Gasteiger partial charge in [-0.2, -0.15) is 0 Å². The Labute approximate surface area is 114 Å². The summed E-state index contributed by atoms with van der Waals surface area (Å²) in [6.45, 7) is 6.52. The lowest BCUT2D eigenvalue weighted by Gasteiger charge is -2.36. The van der Waals surface area contributed by atoms with Crippen molar-refractivity contribution in [2.75, 3.05) is 7.05 Å². The second kappa shape index (κ2) is 6.74. The Morgan fingerprint density at radius 3 is 2.29 bits per heavy atom. The van der Waals surface area contributed by atoms with E-state index in [2.05, 4.69) is 38.8 Å². The highest BCUT2D eigenvalue weighted by atomic mass is 35.5. The average molecular weight is 275 g/mol. The quantitative estimate of drug-likeness (QED) is 0.852. The van der Waals surface area contributed by atoms with Crippen molar-refractivity contribution in [3.05, 3.63) is 21.3 Å². The lowest BCUT2D eigenvalue weighted by molar-refractivity contribution is 0.149. The Morgan fingerprint density at radius 2 is 1.94 bits per heavy atom. The van der Waals surface area contributed by atoms with Crippen LogP contribution < -0.4 is 5.73 Å². The molecule has 2 N–H and O–H groups in total. The Hall–Kier alpha value is -0.0900. The number of hydrogen-bond acceptors (Lipinski definition) is 3. The highest BCUT2D eigenvalue weighted by Gasteiger charge is 2.26. The monoisotopic (exact) mass is 274 g/mol. The van der Waals surface area contributed by atoms with E-state index in [4.69, 9.17) is 17.3 Å². The zero-order valence-corrected chi connectivity index (χ0v) is 12.7. The molecule has 1 heterocycles. The van der Waals surface area contributed by atoms with Gasteiger partial charge in [0.2, 0.25) is 0 Å². The first-order valence-corrected chi connectivity index (χ1v) is 7.43. The van der Waals surface area contributed by atoms with Crippen LogP contribution in [0.1, 0.15) is 44.5 Å². The Morgan fingerprint density at radius 1 is 1.35 bits per heavy atom. The molecule has 1 rings (SSSR count). The molecule has 0 radical (unpaired) electrons. The van der Waals surface area contributed by atoms with E-state index in [1.54, 1.807) is 11.3 Å². The number of thiophene rings is 1. The molecular formula is C13H23ClN2S. The topological polar surface area (TPSA) is 29.3 Å². The first-order valence-electron chi connectivity index (χ1n) is 6.23. The molecule has 17 heavy (non-hydrogen) atoms. The number of nitrogens with two attached hydrogens (primary N) is 1. The fraction of sp³-hybridized carbons (Fsp3) is 0.692. The number of hydrogen-bond donors (Lipinski definition) is 1. The van der Waals surface area contributed by atoms with Crippen LogP contribution in [0, 0.1) is 0 Å². The first kappa shape index (κ1) is 15.0. The molecule has 0 spiro atoms. The van der Waals surface area contributed by atoms with E-state index >= 15 is 0 Å². The fourth-order valence-electron chi connectivity index (χ4n) is 2.41. The van der Waals surface area contributed by atoms with Crippen LogP contribution in [0.5, 0.6) is 0 Å². The summed E-state index contributed by atoms with van der Waals surface area (Å²) in [5.41, 5.74) is 6.15. The van der Waals surface area contributed by atoms with E-state index in [1.165, 1.54) is 4.88 Å². The van der Waals surface area contributed by atoms with E-state index < -0.39 is 0 Å². The smallest absolute Gasteiger partial charge is 0.0931 e. The SMILES string of the molecule is CCC(CC)N(C)C(c1ccc(Cl)s1)C(C)N. The predicted octanol–water partition coefficient (Wildman–Crippen LogP) is 3.91. The summed E-state index contributed by atoms with van der Waals surface area (Å²) in [6, 6.07) is 5.00. The normalized spacial score (nSPS) is 15.5. The van der Waals surface area contributed by atoms with Gasteiger partial charge in [0.15, 0.2) is 0 Å². The molecule has 1 aromatic rings. The lowest BCUT2D eigenvalue weighted by atomic mass is 10.0. The van der Waals surface area contributed by atoms with Gasteiger partial charge in [-0.3, -0.25) is 4.90 Å². The van der Waals surface area contributed by atoms with Gasteiger partial charge in [0, 0.05) is 17.0 Å². The largest absolute Gasteiger partial charge is 0.326 e. The number of nitrogens with zero attached hydrogens (tertiary/aromatic N) is 1. The maximum atomic E-state index is 6.15. The second-order valence-corrected chi connectivity index (χ2v) is 6.33. The average Bonchev–Trinajstić information content (AvgIpc) is 2.66. The van der Waals surface area contributed by atoms with Crippen LogP contribution in [0.15, 0.2) is 12.1 Å². The van der Waals surface area contributed by atoms with Crippen molar-refractivity contribution in [2.45, 2.75) is 51.7 Å². The molecule has 0 saturated carbocycles. The zero-order chi connectivity index (χ0) is 13.0. The summed E-state index contributed by atoms with van der Waals surface area (Å²) in [7, 11) is 2.17. The van der Waals surface area contributed by atoms with Gasteiger partial charge in [0.05, 0.1) is 10.4 Å². The first-order chi connectivity index (χ1) is 8.01. The number of halogens is 1. The van der Waals surface area contributed by atoms with Crippen molar-refractivity contribution in [3.8, 4) is 0 Å². The second-order valence-electron chi connectivity index (χ2n) is 4.58. The molecule has 0 fully saturated rings. The van der Waals surface area contributed by atoms with Crippen LogP contribution in [-0.4, -0.2) is 24.0 Å². The van der Waals surface area contributed by atoms with E-state index in [0.29, 0.717) is 6.04 Å². The maximum absolute atomic E-state index is 6.15. The minimum Gasteiger partial charge on any atom is -0.326 e. The van der Waals surface area contributed by atoms with Crippen LogP contribution in [0.25, 0.3) is 0 Å². The summed E-state index contributed by atoms with van der Waals surface area (Å²) < 4.78 is 0.837. The van der Waals surface area contributed by atoms with Gasteiger partial charge in [-0.05, 0) is 38.9 Å². The Kier molecular flexibility index (Phi) is 5.93. The minimum atomic E-state index is 0.107. The summed E-state index contributed by atoms with van der Waals surface area (Å²) in [5.74, 6) is 0. The van der Waals surface area contributed by atoms with Gasteiger partial charge in [-0.15, -0.1) is 11.3 Å². The summed E-state index contributed by atoms with van der Waals surface area (Å²) in [4.78, 5) is 3.66. The van der Waals surface area contributed by atoms with E-state index in [0.717, 1.165) is 17.2 Å². The van der Waals surface area contributed by atoms with Gasteiger partial charge < -0.3 is 5.73 Å². The van der Waals surface area contributed by atoms with Crippen molar-refractivity contribution in [3.63, 3.8) is 0 Å². The van der Waals surface area contributed by atoms with Crippen molar-refractivity contribution in [1.82, 2.24) is 4.90 Å². The molecular weight excluding hydrogens is 252 g/mol. The molecule has 0 aliphatic carbocycles. The van der Waals surface area contributed by atoms with Crippen molar-refractivity contribution in [1.29, 1.82) is 0 Å². The molecule has 2 nitrogen and oxygen atoms in total. The fourth-order valence-corrected chi connectivity index (χ4v) is 3.74. The minimum absolute atomic E-state index is 0.107. The highest BCUT2D eigenvalue weighted by Crippen LogP contribution is 2.33. The molecule has 2 unspecified atom stereocenters. The molecule has 0 saturated heterocycles. The maximum Gasteiger partial charge on any atom is 0.0931 e. The Bertz CT molecular complexity index is 334. The summed E-state index contributed by atoms with van der Waals surface area (Å²) in [6.07, 6.45) is 2.30. The Balaban J connectivity index is 2.93. The van der Waals surface area contributed by atoms with Crippen molar-refractivity contribution < 1.29 is 0 Å². The highest BCUT2D eigenvalue weighted by molar-refractivity contribution is 7.16. The third-order valence-corrected chi connectivity index (χ3v) is 4.64. The van der Waals surface area contributed by atoms with Crippen LogP contribution in [0.3, 0.4) is 0 Å². The molecule has 0 aliphatic heterocycles. The van der Waals surface area contributed by atoms with Crippen molar-refractivity contribution >= 4 is 22.9 Å². The van der Waals surface area contributed by atoms with Gasteiger partial charge in [-0.1, -0.05) is 25.4 Å². The molecule has 0 amide bonds. The molecule has 4 heteroatoms. The third-order valence-electron chi connectivity index (χ3n) is 3.34. The molecule has 0 bridgehead atoms. The van der Waals surface area contributed by atoms with Crippen LogP contribution in [0.4, 0.5) is 0 Å². The predicted molar refractivity (Wildman–Crippen MR) is 77.9 cm³/mol. The van der Waals surface area contributed by atoms with Gasteiger partial charge in [-0.25, -0.2) is 0 Å². The lowest BCUT2D eigenvalue weighted by Crippen LogP contribution is -2.42. The summed E-state index contributed by atoms with van der Waals surface area (Å²) in [5, 5.41) is 0. The van der Waals surface area contributed by atoms with E-state index in [-0.39, 0.29) is 12.1 Å². The van der Waals surface area contributed by atoms with E-state index in [1.807, 2.05) is 6.07 Å². The molecule has 0 aliphatic rings. The van der Waals surface area contributed by atoms with Crippen molar-refractivity contribution in [2.24, 2.45) is 5.73 Å². The summed E-state index contributed by atoms with van der Waals surface area (Å²) >= 11 is 7.66. The van der Waals surface area contributed by atoms with E-state index in [9.17, 15) is 0 Å². The molecule has 0 aromatic carbocycles. The van der Waals surface area contributed by atoms with Gasteiger partial charge in [0.1, 0.15) is 0 Å². The van der Waals surface area contributed by atoms with Gasteiger partial charge >= 0.3 is 0 Å². The van der Waals surface area contributed by atoms with Crippen LogP contribution in [0.2, 0.25) is 4.34 Å². The zero-order valence-electron chi connectivity index (χ0n) is 11.1. The molecule has 2 atom stereocenters. The standard InChI is InChI=1S/C13H23ClN2S/c1-5-10(6-2)16(4)13(9(3)15)11-7-8-12(14)17-11/h7-10,13H,5-6,15H2,1-4H3. The van der Waals surface area contributed by atoms with Crippen LogP contribution in [-0.2, 0) is 0 Å². The van der Waals surface area contributed by atoms with Gasteiger partial charge in [0.25, 0.3) is 0 Å². The molecule has 1 aromatic heterocycles. The number of likely N-dealkylation sites (N-methyl/N-ethyl adjacent to an activating group) is 1. The third kappa shape index (κ3) is 3.68. The number of rotatable bonds is 6.